The van der Waals surface area contributed by atoms with Crippen molar-refractivity contribution in [1.82, 2.24) is 14.0 Å². The van der Waals surface area contributed by atoms with Crippen molar-refractivity contribution in [3.63, 3.8) is 0 Å². The second kappa shape index (κ2) is 8.08. The Morgan fingerprint density at radius 2 is 1.81 bits per heavy atom. The Bertz CT molecular complexity index is 1080. The monoisotopic (exact) mass is 389 g/mol. The number of imidazole rings is 1. The summed E-state index contributed by atoms with van der Waals surface area (Å²) in [6, 6.07) is 5.47. The van der Waals surface area contributed by atoms with Crippen LogP contribution in [0.25, 0.3) is 16.8 Å². The number of fused-ring (bicyclic) bond motifs is 1. The van der Waals surface area contributed by atoms with Gasteiger partial charge in [-0.3, -0.25) is 9.20 Å². The van der Waals surface area contributed by atoms with Gasteiger partial charge in [0.2, 0.25) is 0 Å². The molecule has 0 saturated carbocycles. The highest BCUT2D eigenvalue weighted by Gasteiger charge is 2.25. The molecule has 0 fully saturated rings. The fourth-order valence-corrected chi connectivity index (χ4v) is 4.27. The van der Waals surface area contributed by atoms with E-state index < -0.39 is 15.1 Å². The summed E-state index contributed by atoms with van der Waals surface area (Å²) in [7, 11) is -1.75. The Kier molecular flexibility index (Phi) is 6.26. The lowest BCUT2D eigenvalue weighted by Gasteiger charge is -2.11. The first-order chi connectivity index (χ1) is 12.8. The molecular weight excluding hydrogens is 362 g/mol. The minimum absolute atomic E-state index is 0.0486. The van der Waals surface area contributed by atoms with Gasteiger partial charge in [0.1, 0.15) is 5.65 Å². The van der Waals surface area contributed by atoms with Crippen LogP contribution in [0.15, 0.2) is 46.6 Å². The van der Waals surface area contributed by atoms with E-state index in [1.54, 1.807) is 43.8 Å². The molecule has 6 nitrogen and oxygen atoms in total. The van der Waals surface area contributed by atoms with Crippen LogP contribution in [0.2, 0.25) is 0 Å². The summed E-state index contributed by atoms with van der Waals surface area (Å²) in [6.45, 7) is 9.32. The molecule has 0 saturated heterocycles. The van der Waals surface area contributed by atoms with Crippen LogP contribution >= 0.6 is 0 Å². The minimum atomic E-state index is -3.45. The third-order valence-corrected chi connectivity index (χ3v) is 6.84. The molecule has 0 aliphatic heterocycles. The molecule has 146 valence electrons. The summed E-state index contributed by atoms with van der Waals surface area (Å²) in [6.07, 6.45) is 5.45. The van der Waals surface area contributed by atoms with Crippen molar-refractivity contribution >= 4 is 15.5 Å². The maximum atomic E-state index is 12.7. The van der Waals surface area contributed by atoms with Crippen molar-refractivity contribution in [2.75, 3.05) is 0 Å². The summed E-state index contributed by atoms with van der Waals surface area (Å²) >= 11 is 0. The van der Waals surface area contributed by atoms with Crippen molar-refractivity contribution in [1.29, 1.82) is 0 Å². The molecule has 7 heteroatoms. The summed E-state index contributed by atoms with van der Waals surface area (Å²) in [5.41, 5.74) is 2.84. The molecule has 0 amide bonds. The predicted octanol–water partition coefficient (Wildman–Crippen LogP) is 3.61. The molecule has 0 radical (unpaired) electrons. The lowest BCUT2D eigenvalue weighted by Crippen LogP contribution is -2.19. The van der Waals surface area contributed by atoms with E-state index in [2.05, 4.69) is 4.98 Å². The minimum Gasteiger partial charge on any atom is -0.318 e. The average Bonchev–Trinajstić information content (AvgIpc) is 3.10. The Hall–Kier alpha value is -2.41. The number of nitrogens with zero attached hydrogens (tertiary/aromatic N) is 3. The van der Waals surface area contributed by atoms with E-state index in [1.807, 2.05) is 32.9 Å². The van der Waals surface area contributed by atoms with E-state index in [9.17, 15) is 13.2 Å². The average molecular weight is 390 g/mol. The molecule has 3 aromatic rings. The van der Waals surface area contributed by atoms with Gasteiger partial charge in [-0.2, -0.15) is 0 Å². The van der Waals surface area contributed by atoms with Crippen LogP contribution in [-0.4, -0.2) is 27.6 Å². The topological polar surface area (TPSA) is 73.4 Å². The normalized spacial score (nSPS) is 12.5. The fourth-order valence-electron chi connectivity index (χ4n) is 2.80. The summed E-state index contributed by atoms with van der Waals surface area (Å²) in [5.74, 6) is 0. The Morgan fingerprint density at radius 3 is 2.41 bits per heavy atom. The van der Waals surface area contributed by atoms with Crippen molar-refractivity contribution in [2.24, 2.45) is 7.05 Å². The highest BCUT2D eigenvalue weighted by molar-refractivity contribution is 7.92. The first kappa shape index (κ1) is 20.9. The molecule has 27 heavy (non-hydrogen) atoms. The largest absolute Gasteiger partial charge is 0.318 e. The van der Waals surface area contributed by atoms with Gasteiger partial charge in [0.25, 0.3) is 5.56 Å². The predicted molar refractivity (Wildman–Crippen MR) is 109 cm³/mol. The van der Waals surface area contributed by atoms with E-state index in [4.69, 9.17) is 0 Å². The van der Waals surface area contributed by atoms with Crippen molar-refractivity contribution in [2.45, 2.75) is 51.3 Å². The zero-order valence-corrected chi connectivity index (χ0v) is 17.5. The first-order valence-electron chi connectivity index (χ1n) is 9.14. The zero-order chi connectivity index (χ0) is 20.4. The maximum Gasteiger partial charge on any atom is 0.253 e. The molecule has 0 spiro atoms. The molecule has 0 aromatic carbocycles. The van der Waals surface area contributed by atoms with Gasteiger partial charge in [0, 0.05) is 25.0 Å². The maximum absolute atomic E-state index is 12.7. The van der Waals surface area contributed by atoms with E-state index in [0.29, 0.717) is 17.6 Å². The van der Waals surface area contributed by atoms with Gasteiger partial charge >= 0.3 is 0 Å². The van der Waals surface area contributed by atoms with Crippen molar-refractivity contribution in [3.8, 4) is 11.1 Å². The number of hydrogen-bond acceptors (Lipinski definition) is 4. The van der Waals surface area contributed by atoms with Crippen LogP contribution in [0.1, 0.15) is 39.7 Å². The first-order valence-corrected chi connectivity index (χ1v) is 10.7. The van der Waals surface area contributed by atoms with E-state index in [-0.39, 0.29) is 10.6 Å². The number of hydrogen-bond donors (Lipinski definition) is 0. The summed E-state index contributed by atoms with van der Waals surface area (Å²) in [5, 5.41) is -0.281. The molecule has 3 heterocycles. The van der Waals surface area contributed by atoms with Crippen LogP contribution < -0.4 is 5.56 Å². The summed E-state index contributed by atoms with van der Waals surface area (Å²) < 4.78 is 28.6. The molecule has 3 rings (SSSR count). The molecule has 1 atom stereocenters. The standard InChI is InChI=1S/C18H21N3O3S.C2H6/c1-5-13(3)25(23,24)17-9-19-16-7-6-14(11-21(16)17)15-8-12(2)18(22)20(4)10-15;1-2/h6-11,13H,5H2,1-4H3;1-2H3. The second-order valence-electron chi connectivity index (χ2n) is 6.33. The third-order valence-electron chi connectivity index (χ3n) is 4.56. The highest BCUT2D eigenvalue weighted by atomic mass is 32.2. The molecule has 0 aliphatic rings. The Morgan fingerprint density at radius 1 is 1.15 bits per heavy atom. The second-order valence-corrected chi connectivity index (χ2v) is 8.65. The molecule has 1 unspecified atom stereocenters. The van der Waals surface area contributed by atoms with Gasteiger partial charge in [-0.25, -0.2) is 13.4 Å². The quantitative estimate of drug-likeness (QED) is 0.683. The number of sulfone groups is 1. The van der Waals surface area contributed by atoms with E-state index >= 15 is 0 Å². The van der Waals surface area contributed by atoms with Gasteiger partial charge in [0.15, 0.2) is 14.9 Å². The fraction of sp³-hybridized carbons (Fsp3) is 0.400. The highest BCUT2D eigenvalue weighted by Crippen LogP contribution is 2.24. The van der Waals surface area contributed by atoms with Gasteiger partial charge in [-0.15, -0.1) is 0 Å². The Balaban J connectivity index is 0.00000126. The van der Waals surface area contributed by atoms with Crippen LogP contribution in [0.4, 0.5) is 0 Å². The van der Waals surface area contributed by atoms with Crippen LogP contribution in [-0.2, 0) is 16.9 Å². The third kappa shape index (κ3) is 3.83. The lowest BCUT2D eigenvalue weighted by molar-refractivity contribution is 0.576. The van der Waals surface area contributed by atoms with Gasteiger partial charge in [0.05, 0.1) is 11.4 Å². The molecule has 0 bridgehead atoms. The van der Waals surface area contributed by atoms with Gasteiger partial charge < -0.3 is 4.57 Å². The molecule has 0 N–H and O–H groups in total. The zero-order valence-electron chi connectivity index (χ0n) is 16.7. The lowest BCUT2D eigenvalue weighted by atomic mass is 10.1. The van der Waals surface area contributed by atoms with E-state index in [0.717, 1.165) is 11.1 Å². The number of aryl methyl sites for hydroxylation is 2. The van der Waals surface area contributed by atoms with Gasteiger partial charge in [-0.05, 0) is 49.6 Å². The number of rotatable bonds is 4. The van der Waals surface area contributed by atoms with Crippen LogP contribution in [0.3, 0.4) is 0 Å². The van der Waals surface area contributed by atoms with E-state index in [1.165, 1.54) is 10.8 Å². The van der Waals surface area contributed by atoms with Crippen molar-refractivity contribution in [3.05, 3.63) is 52.7 Å². The SMILES string of the molecule is CC.CCC(C)S(=O)(=O)c1cnc2ccc(-c3cc(C)c(=O)n(C)c3)cn12. The van der Waals surface area contributed by atoms with Crippen LogP contribution in [0, 0.1) is 6.92 Å². The molecule has 3 aromatic heterocycles. The number of pyridine rings is 2. The molecule has 0 aliphatic carbocycles. The Labute approximate surface area is 160 Å². The molecular formula is C20H27N3O3S. The smallest absolute Gasteiger partial charge is 0.253 e. The van der Waals surface area contributed by atoms with Crippen LogP contribution in [0.5, 0.6) is 0 Å². The number of aromatic nitrogens is 3. The summed E-state index contributed by atoms with van der Waals surface area (Å²) in [4.78, 5) is 16.1. The van der Waals surface area contributed by atoms with Gasteiger partial charge in [-0.1, -0.05) is 20.8 Å². The van der Waals surface area contributed by atoms with Crippen molar-refractivity contribution < 1.29 is 8.42 Å².